The molecule has 3 aliphatic heterocycles. The Kier molecular flexibility index (Phi) is 12.5. The molecule has 13 heteroatoms. The Morgan fingerprint density at radius 2 is 1.56 bits per heavy atom. The van der Waals surface area contributed by atoms with Crippen LogP contribution in [0.2, 0.25) is 0 Å². The van der Waals surface area contributed by atoms with E-state index in [2.05, 4.69) is 10.6 Å². The number of ether oxygens (including phenoxy) is 1. The van der Waals surface area contributed by atoms with Crippen molar-refractivity contribution in [2.45, 2.75) is 123 Å². The van der Waals surface area contributed by atoms with E-state index in [1.165, 1.54) is 32.7 Å². The molecule has 3 heterocycles. The fourth-order valence-corrected chi connectivity index (χ4v) is 5.85. The van der Waals surface area contributed by atoms with E-state index in [0.29, 0.717) is 19.3 Å². The van der Waals surface area contributed by atoms with Crippen molar-refractivity contribution in [3.05, 3.63) is 0 Å². The summed E-state index contributed by atoms with van der Waals surface area (Å²) in [5, 5.41) is 26.2. The van der Waals surface area contributed by atoms with Crippen LogP contribution in [-0.2, 0) is 33.5 Å². The molecule has 3 fully saturated rings. The lowest BCUT2D eigenvalue weighted by molar-refractivity contribution is -0.316. The van der Waals surface area contributed by atoms with E-state index in [0.717, 1.165) is 11.5 Å². The number of hydroxylamine groups is 2. The van der Waals surface area contributed by atoms with Crippen LogP contribution in [-0.4, -0.2) is 106 Å². The summed E-state index contributed by atoms with van der Waals surface area (Å²) in [7, 11) is 1.44. The third-order valence-electron chi connectivity index (χ3n) is 8.65. The van der Waals surface area contributed by atoms with Gasteiger partial charge < -0.3 is 30.5 Å². The first-order chi connectivity index (χ1) is 19.9. The predicted molar refractivity (Wildman–Crippen MR) is 157 cm³/mol. The number of fused-ring (bicyclic) bond motifs is 13. The molecule has 3 rings (SSSR count). The number of amides is 4. The number of aliphatic hydroxyl groups excluding tert-OH is 2. The van der Waals surface area contributed by atoms with Gasteiger partial charge in [0.2, 0.25) is 11.8 Å². The summed E-state index contributed by atoms with van der Waals surface area (Å²) in [6.45, 7) is 12.9. The summed E-state index contributed by atoms with van der Waals surface area (Å²) >= 11 is 0. The van der Waals surface area contributed by atoms with Crippen molar-refractivity contribution in [2.24, 2.45) is 17.3 Å². The van der Waals surface area contributed by atoms with Crippen LogP contribution >= 0.6 is 0 Å². The molecule has 0 spiro atoms. The number of hydrogen-bond donors (Lipinski definition) is 4. The summed E-state index contributed by atoms with van der Waals surface area (Å²) in [4.78, 5) is 74.0. The Morgan fingerprint density at radius 1 is 0.953 bits per heavy atom. The van der Waals surface area contributed by atoms with Crippen LogP contribution in [0.1, 0.15) is 87.5 Å². The molecule has 0 radical (unpaired) electrons. The Hall–Kier alpha value is -2.77. The van der Waals surface area contributed by atoms with E-state index in [1.54, 1.807) is 20.8 Å². The largest absolute Gasteiger partial charge is 0.459 e. The quantitative estimate of drug-likeness (QED) is 0.218. The van der Waals surface area contributed by atoms with E-state index < -0.39 is 76.9 Å². The maximum absolute atomic E-state index is 13.6. The van der Waals surface area contributed by atoms with Gasteiger partial charge in [0, 0.05) is 13.7 Å². The summed E-state index contributed by atoms with van der Waals surface area (Å²) in [5.74, 6) is -3.93. The van der Waals surface area contributed by atoms with Gasteiger partial charge in [-0.05, 0) is 72.1 Å². The average Bonchev–Trinajstić information content (AvgIpc) is 2.91. The lowest BCUT2D eigenvalue weighted by Gasteiger charge is -2.48. The third kappa shape index (κ3) is 8.45. The van der Waals surface area contributed by atoms with Crippen LogP contribution in [0.25, 0.3) is 0 Å². The highest BCUT2D eigenvalue weighted by Gasteiger charge is 2.54. The predicted octanol–water partition coefficient (Wildman–Crippen LogP) is 0.903. The maximum Gasteiger partial charge on any atom is 0.328 e. The van der Waals surface area contributed by atoms with E-state index in [-0.39, 0.29) is 25.5 Å². The standard InChI is InChI=1S/C30H52N4O9/c1-10-11-21(36)13-12-18(3)23-29(6,7)27(40)32-19(4)25(38)34-16-30(8,43-34)28(41)33(9)22(17(2)14-15-35)24(37)31-20(5)26(39)42-23/h17-23,35-36H,10-16H2,1-9H3,(H,31,37)(H,32,40)/t17?,18?,19-,20-,21?,22-,23-,30?/m0/s1. The van der Waals surface area contributed by atoms with Gasteiger partial charge in [-0.2, -0.15) is 0 Å². The van der Waals surface area contributed by atoms with E-state index in [9.17, 15) is 34.2 Å². The van der Waals surface area contributed by atoms with Crippen molar-refractivity contribution in [3.8, 4) is 0 Å². The van der Waals surface area contributed by atoms with Gasteiger partial charge in [0.05, 0.1) is 18.1 Å². The van der Waals surface area contributed by atoms with Gasteiger partial charge in [0.15, 0.2) is 5.60 Å². The fraction of sp³-hybridized carbons (Fsp3) is 0.833. The molecule has 43 heavy (non-hydrogen) atoms. The number of carbonyl (C=O) groups excluding carboxylic acids is 5. The number of nitrogens with one attached hydrogen (secondary N) is 2. The smallest absolute Gasteiger partial charge is 0.328 e. The highest BCUT2D eigenvalue weighted by atomic mass is 16.7. The minimum absolute atomic E-state index is 0.0981. The summed E-state index contributed by atoms with van der Waals surface area (Å²) in [5.41, 5.74) is -2.75. The maximum atomic E-state index is 13.6. The van der Waals surface area contributed by atoms with Crippen LogP contribution < -0.4 is 10.6 Å². The Bertz CT molecular complexity index is 1030. The van der Waals surface area contributed by atoms with Gasteiger partial charge in [-0.15, -0.1) is 0 Å². The second-order valence-corrected chi connectivity index (χ2v) is 13.0. The number of esters is 1. The number of carbonyl (C=O) groups is 5. The minimum Gasteiger partial charge on any atom is -0.459 e. The molecule has 8 atom stereocenters. The minimum atomic E-state index is -1.44. The fourth-order valence-electron chi connectivity index (χ4n) is 5.85. The first-order valence-electron chi connectivity index (χ1n) is 15.3. The van der Waals surface area contributed by atoms with Gasteiger partial charge in [-0.3, -0.25) is 24.0 Å². The molecule has 3 aliphatic rings. The Balaban J connectivity index is 2.49. The highest BCUT2D eigenvalue weighted by molar-refractivity contribution is 5.95. The molecule has 3 saturated heterocycles. The number of nitrogens with zero attached hydrogens (tertiary/aromatic N) is 2. The highest BCUT2D eigenvalue weighted by Crippen LogP contribution is 2.34. The van der Waals surface area contributed by atoms with Crippen LogP contribution in [0.5, 0.6) is 0 Å². The van der Waals surface area contributed by atoms with Crippen molar-refractivity contribution in [3.63, 3.8) is 0 Å². The molecular weight excluding hydrogens is 560 g/mol. The van der Waals surface area contributed by atoms with Crippen LogP contribution in [0.15, 0.2) is 0 Å². The van der Waals surface area contributed by atoms with Crippen LogP contribution in [0.3, 0.4) is 0 Å². The number of likely N-dealkylation sites (N-methyl/N-ethyl adjacent to an activating group) is 1. The number of rotatable bonds is 9. The van der Waals surface area contributed by atoms with E-state index in [1.807, 2.05) is 13.8 Å². The molecule has 13 nitrogen and oxygen atoms in total. The second-order valence-electron chi connectivity index (χ2n) is 13.0. The topological polar surface area (TPSA) is 175 Å². The zero-order valence-corrected chi connectivity index (χ0v) is 27.1. The lowest BCUT2D eigenvalue weighted by Crippen LogP contribution is -2.70. The first kappa shape index (κ1) is 36.4. The zero-order valence-electron chi connectivity index (χ0n) is 27.1. The van der Waals surface area contributed by atoms with Crippen LogP contribution in [0, 0.1) is 17.3 Å². The summed E-state index contributed by atoms with van der Waals surface area (Å²) in [6, 6.07) is -3.22. The van der Waals surface area contributed by atoms with Crippen molar-refractivity contribution >= 4 is 29.6 Å². The lowest BCUT2D eigenvalue weighted by atomic mass is 9.77. The molecule has 2 bridgehead atoms. The van der Waals surface area contributed by atoms with Crippen molar-refractivity contribution in [1.29, 1.82) is 0 Å². The van der Waals surface area contributed by atoms with Crippen molar-refractivity contribution < 1.29 is 43.8 Å². The van der Waals surface area contributed by atoms with Gasteiger partial charge in [0.1, 0.15) is 24.2 Å². The van der Waals surface area contributed by atoms with E-state index in [4.69, 9.17) is 9.57 Å². The van der Waals surface area contributed by atoms with Crippen molar-refractivity contribution in [1.82, 2.24) is 20.6 Å². The second kappa shape index (κ2) is 14.8. The number of hydrogen-bond acceptors (Lipinski definition) is 9. The third-order valence-corrected chi connectivity index (χ3v) is 8.65. The molecule has 0 aromatic rings. The molecule has 0 aromatic heterocycles. The molecule has 4 N–H and O–H groups in total. The zero-order chi connectivity index (χ0) is 32.9. The van der Waals surface area contributed by atoms with Gasteiger partial charge >= 0.3 is 5.97 Å². The molecule has 246 valence electrons. The summed E-state index contributed by atoms with van der Waals surface area (Å²) < 4.78 is 5.94. The van der Waals surface area contributed by atoms with Crippen molar-refractivity contribution in [2.75, 3.05) is 20.2 Å². The Labute approximate surface area is 255 Å². The molecule has 0 saturated carbocycles. The molecule has 0 aliphatic carbocycles. The molecular formula is C30H52N4O9. The van der Waals surface area contributed by atoms with Gasteiger partial charge in [-0.1, -0.05) is 27.2 Å². The average molecular weight is 613 g/mol. The monoisotopic (exact) mass is 612 g/mol. The normalized spacial score (nSPS) is 31.3. The SMILES string of the molecule is CCCC(O)CCC(C)[C@@H]1OC(=O)[C@H](C)NC(=O)[C@H](C(C)CCO)N(C)C(=O)C2(C)CN(O2)C(=O)[C@H](C)NC(=O)C1(C)C. The molecule has 0 aromatic carbocycles. The Morgan fingerprint density at radius 3 is 2.12 bits per heavy atom. The first-order valence-corrected chi connectivity index (χ1v) is 15.3. The van der Waals surface area contributed by atoms with Gasteiger partial charge in [-0.25, -0.2) is 9.86 Å². The number of aliphatic hydroxyl groups is 2. The molecule has 4 unspecified atom stereocenters. The van der Waals surface area contributed by atoms with Gasteiger partial charge in [0.25, 0.3) is 11.8 Å². The molecule has 4 amide bonds. The van der Waals surface area contributed by atoms with E-state index >= 15 is 0 Å². The summed E-state index contributed by atoms with van der Waals surface area (Å²) in [6.07, 6.45) is 1.03. The van der Waals surface area contributed by atoms with Crippen LogP contribution in [0.4, 0.5) is 0 Å².